The number of hydrogen-bond acceptors (Lipinski definition) is 3. The van der Waals surface area contributed by atoms with Crippen LogP contribution < -0.4 is 4.74 Å². The molecule has 1 heterocycles. The van der Waals surface area contributed by atoms with Gasteiger partial charge in [0.25, 0.3) is 0 Å². The van der Waals surface area contributed by atoms with E-state index in [0.717, 1.165) is 10.0 Å². The quantitative estimate of drug-likeness (QED) is 0.882. The van der Waals surface area contributed by atoms with E-state index in [1.165, 1.54) is 0 Å². The average molecular weight is 244 g/mol. The third-order valence-electron chi connectivity index (χ3n) is 1.44. The van der Waals surface area contributed by atoms with Gasteiger partial charge in [0.1, 0.15) is 0 Å². The van der Waals surface area contributed by atoms with E-state index in [1.54, 1.807) is 25.5 Å². The van der Waals surface area contributed by atoms with Crippen LogP contribution in [-0.2, 0) is 0 Å². The second kappa shape index (κ2) is 4.99. The Hall–Kier alpha value is -0.870. The number of rotatable bonds is 3. The number of pyridine rings is 1. The minimum absolute atomic E-state index is 0.00959. The van der Waals surface area contributed by atoms with Gasteiger partial charge in [0.05, 0.1) is 13.7 Å². The Labute approximate surface area is 85.2 Å². The first kappa shape index (κ1) is 10.2. The van der Waals surface area contributed by atoms with Gasteiger partial charge in [-0.15, -0.1) is 0 Å². The van der Waals surface area contributed by atoms with Gasteiger partial charge in [-0.1, -0.05) is 12.2 Å². The van der Waals surface area contributed by atoms with Crippen LogP contribution in [0.25, 0.3) is 6.08 Å². The number of aliphatic hydroxyl groups is 1. The highest BCUT2D eigenvalue weighted by atomic mass is 79.9. The molecule has 13 heavy (non-hydrogen) atoms. The van der Waals surface area contributed by atoms with Gasteiger partial charge in [0, 0.05) is 16.2 Å². The van der Waals surface area contributed by atoms with Crippen molar-refractivity contribution < 1.29 is 9.84 Å². The lowest BCUT2D eigenvalue weighted by Crippen LogP contribution is -1.90. The van der Waals surface area contributed by atoms with Crippen molar-refractivity contribution in [3.05, 3.63) is 28.4 Å². The smallest absolute Gasteiger partial charge is 0.220 e. The molecule has 0 radical (unpaired) electrons. The van der Waals surface area contributed by atoms with Crippen molar-refractivity contribution in [3.8, 4) is 5.88 Å². The van der Waals surface area contributed by atoms with Crippen molar-refractivity contribution in [2.75, 3.05) is 13.7 Å². The molecule has 0 aliphatic carbocycles. The molecule has 1 aromatic heterocycles. The summed E-state index contributed by atoms with van der Waals surface area (Å²) in [6.07, 6.45) is 5.05. The molecule has 1 N–H and O–H groups in total. The van der Waals surface area contributed by atoms with E-state index >= 15 is 0 Å². The molecular formula is C9H10BrNO2. The molecule has 1 aromatic rings. The molecule has 0 bridgehead atoms. The molecule has 0 aromatic carbocycles. The first-order valence-electron chi connectivity index (χ1n) is 3.75. The molecule has 0 aliphatic rings. The molecule has 0 saturated carbocycles. The zero-order valence-electron chi connectivity index (χ0n) is 7.20. The number of nitrogens with zero attached hydrogens (tertiary/aromatic N) is 1. The SMILES string of the molecule is COc1ncc(Br)cc1C=CCO. The van der Waals surface area contributed by atoms with Crippen LogP contribution in [0.3, 0.4) is 0 Å². The molecule has 0 fully saturated rings. The van der Waals surface area contributed by atoms with Crippen molar-refractivity contribution in [2.24, 2.45) is 0 Å². The van der Waals surface area contributed by atoms with Gasteiger partial charge in [0.2, 0.25) is 5.88 Å². The Bertz CT molecular complexity index is 312. The maximum atomic E-state index is 8.60. The Morgan fingerprint density at radius 3 is 3.08 bits per heavy atom. The number of aliphatic hydroxyl groups excluding tert-OH is 1. The van der Waals surface area contributed by atoms with E-state index in [2.05, 4.69) is 20.9 Å². The maximum absolute atomic E-state index is 8.60. The second-order valence-corrected chi connectivity index (χ2v) is 3.25. The van der Waals surface area contributed by atoms with Crippen LogP contribution >= 0.6 is 15.9 Å². The summed E-state index contributed by atoms with van der Waals surface area (Å²) in [6, 6.07) is 1.87. The molecule has 0 unspecified atom stereocenters. The monoisotopic (exact) mass is 243 g/mol. The fourth-order valence-corrected chi connectivity index (χ4v) is 1.26. The summed E-state index contributed by atoms with van der Waals surface area (Å²) in [7, 11) is 1.56. The zero-order chi connectivity index (χ0) is 9.68. The summed E-state index contributed by atoms with van der Waals surface area (Å²) in [5.74, 6) is 0.549. The standard InChI is InChI=1S/C9H10BrNO2/c1-13-9-7(3-2-4-12)5-8(10)6-11-9/h2-3,5-6,12H,4H2,1H3. The van der Waals surface area contributed by atoms with Crippen molar-refractivity contribution in [1.29, 1.82) is 0 Å². The summed E-state index contributed by atoms with van der Waals surface area (Å²) in [4.78, 5) is 4.05. The lowest BCUT2D eigenvalue weighted by atomic mass is 10.2. The molecule has 0 aliphatic heterocycles. The minimum Gasteiger partial charge on any atom is -0.481 e. The summed E-state index contributed by atoms with van der Waals surface area (Å²) in [5.41, 5.74) is 0.839. The van der Waals surface area contributed by atoms with Crippen LogP contribution in [0.1, 0.15) is 5.56 Å². The zero-order valence-corrected chi connectivity index (χ0v) is 8.78. The summed E-state index contributed by atoms with van der Waals surface area (Å²) < 4.78 is 5.91. The normalized spacial score (nSPS) is 10.7. The first-order chi connectivity index (χ1) is 6.27. The summed E-state index contributed by atoms with van der Waals surface area (Å²) in [6.45, 7) is 0.00959. The van der Waals surface area contributed by atoms with E-state index in [-0.39, 0.29) is 6.61 Å². The summed E-state index contributed by atoms with van der Waals surface area (Å²) in [5, 5.41) is 8.60. The molecule has 0 amide bonds. The molecule has 4 heteroatoms. The van der Waals surface area contributed by atoms with Gasteiger partial charge < -0.3 is 9.84 Å². The van der Waals surface area contributed by atoms with Gasteiger partial charge in [-0.25, -0.2) is 4.98 Å². The number of methoxy groups -OCH3 is 1. The number of ether oxygens (including phenoxy) is 1. The highest BCUT2D eigenvalue weighted by Gasteiger charge is 2.00. The fourth-order valence-electron chi connectivity index (χ4n) is 0.912. The number of halogens is 1. The Balaban J connectivity index is 3.01. The van der Waals surface area contributed by atoms with Crippen LogP contribution in [0.15, 0.2) is 22.8 Å². The van der Waals surface area contributed by atoms with Gasteiger partial charge in [-0.3, -0.25) is 0 Å². The van der Waals surface area contributed by atoms with Crippen LogP contribution in [0, 0.1) is 0 Å². The predicted molar refractivity (Wildman–Crippen MR) is 54.6 cm³/mol. The van der Waals surface area contributed by atoms with Crippen molar-refractivity contribution in [3.63, 3.8) is 0 Å². The van der Waals surface area contributed by atoms with Gasteiger partial charge in [-0.05, 0) is 22.0 Å². The van der Waals surface area contributed by atoms with Crippen LogP contribution in [0.2, 0.25) is 0 Å². The third kappa shape index (κ3) is 2.82. The lowest BCUT2D eigenvalue weighted by Gasteiger charge is -2.02. The molecular weight excluding hydrogens is 234 g/mol. The summed E-state index contributed by atoms with van der Waals surface area (Å²) >= 11 is 3.30. The molecule has 0 saturated heterocycles. The largest absolute Gasteiger partial charge is 0.481 e. The molecule has 0 spiro atoms. The third-order valence-corrected chi connectivity index (χ3v) is 1.88. The highest BCUT2D eigenvalue weighted by molar-refractivity contribution is 9.10. The minimum atomic E-state index is 0.00959. The number of aromatic nitrogens is 1. The van der Waals surface area contributed by atoms with E-state index in [1.807, 2.05) is 6.07 Å². The predicted octanol–water partition coefficient (Wildman–Crippen LogP) is 1.86. The lowest BCUT2D eigenvalue weighted by molar-refractivity contribution is 0.343. The molecule has 0 atom stereocenters. The first-order valence-corrected chi connectivity index (χ1v) is 4.54. The van der Waals surface area contributed by atoms with Crippen LogP contribution in [0.4, 0.5) is 0 Å². The average Bonchev–Trinajstić information content (AvgIpc) is 2.15. The maximum Gasteiger partial charge on any atom is 0.220 e. The van der Waals surface area contributed by atoms with E-state index < -0.39 is 0 Å². The molecule has 70 valence electrons. The van der Waals surface area contributed by atoms with Crippen molar-refractivity contribution >= 4 is 22.0 Å². The highest BCUT2D eigenvalue weighted by Crippen LogP contribution is 2.20. The fraction of sp³-hybridized carbons (Fsp3) is 0.222. The Kier molecular flexibility index (Phi) is 3.92. The molecule has 1 rings (SSSR count). The van der Waals surface area contributed by atoms with Gasteiger partial charge >= 0.3 is 0 Å². The van der Waals surface area contributed by atoms with Crippen molar-refractivity contribution in [1.82, 2.24) is 4.98 Å². The van der Waals surface area contributed by atoms with E-state index in [0.29, 0.717) is 5.88 Å². The Morgan fingerprint density at radius 1 is 1.69 bits per heavy atom. The van der Waals surface area contributed by atoms with Crippen molar-refractivity contribution in [2.45, 2.75) is 0 Å². The Morgan fingerprint density at radius 2 is 2.46 bits per heavy atom. The van der Waals surface area contributed by atoms with Gasteiger partial charge in [0.15, 0.2) is 0 Å². The molecule has 3 nitrogen and oxygen atoms in total. The van der Waals surface area contributed by atoms with Crippen LogP contribution in [-0.4, -0.2) is 23.8 Å². The topological polar surface area (TPSA) is 42.4 Å². The van der Waals surface area contributed by atoms with Crippen LogP contribution in [0.5, 0.6) is 5.88 Å². The van der Waals surface area contributed by atoms with E-state index in [9.17, 15) is 0 Å². The second-order valence-electron chi connectivity index (χ2n) is 2.34. The van der Waals surface area contributed by atoms with E-state index in [4.69, 9.17) is 9.84 Å². The number of hydrogen-bond donors (Lipinski definition) is 1. The van der Waals surface area contributed by atoms with Gasteiger partial charge in [-0.2, -0.15) is 0 Å².